The van der Waals surface area contributed by atoms with Crippen LogP contribution in [0.1, 0.15) is 6.42 Å². The van der Waals surface area contributed by atoms with Crippen LogP contribution in [0.2, 0.25) is 0 Å². The van der Waals surface area contributed by atoms with Crippen molar-refractivity contribution >= 4 is 5.97 Å². The highest BCUT2D eigenvalue weighted by atomic mass is 16.4. The molecule has 4 nitrogen and oxygen atoms in total. The van der Waals surface area contributed by atoms with E-state index in [1.165, 1.54) is 0 Å². The summed E-state index contributed by atoms with van der Waals surface area (Å²) in [6.07, 6.45) is -0.159. The summed E-state index contributed by atoms with van der Waals surface area (Å²) in [4.78, 5) is 10.1. The average Bonchev–Trinajstić information content (AvgIpc) is 2.13. The number of aliphatic hydroxyl groups is 1. The van der Waals surface area contributed by atoms with Crippen molar-refractivity contribution in [2.24, 2.45) is 0 Å². The van der Waals surface area contributed by atoms with E-state index in [0.717, 1.165) is 0 Å². The molecule has 1 fully saturated rings. The first-order chi connectivity index (χ1) is 4.22. The van der Waals surface area contributed by atoms with E-state index in [2.05, 4.69) is 0 Å². The molecule has 1 rings (SSSR count). The molecule has 4 heteroatoms. The van der Waals surface area contributed by atoms with E-state index in [1.54, 1.807) is 5.32 Å². The van der Waals surface area contributed by atoms with Crippen molar-refractivity contribution in [1.82, 2.24) is 0 Å². The van der Waals surface area contributed by atoms with E-state index in [-0.39, 0.29) is 0 Å². The highest BCUT2D eigenvalue weighted by molar-refractivity contribution is 5.70. The van der Waals surface area contributed by atoms with Crippen molar-refractivity contribution < 1.29 is 20.3 Å². The van der Waals surface area contributed by atoms with Crippen LogP contribution in [0.3, 0.4) is 0 Å². The lowest BCUT2D eigenvalue weighted by atomic mass is 10.2. The Morgan fingerprint density at radius 2 is 2.44 bits per heavy atom. The first-order valence-corrected chi connectivity index (χ1v) is 2.94. The third kappa shape index (κ3) is 1.20. The summed E-state index contributed by atoms with van der Waals surface area (Å²) in [5.41, 5.74) is 0. The fourth-order valence-electron chi connectivity index (χ4n) is 1.04. The molecule has 0 aromatic carbocycles. The van der Waals surface area contributed by atoms with Gasteiger partial charge in [0.1, 0.15) is 12.1 Å². The SMILES string of the molecule is O=C([O-])[C@@H]1[NH2+]CC[C@@H]1O. The van der Waals surface area contributed by atoms with Crippen LogP contribution in [0.15, 0.2) is 0 Å². The Morgan fingerprint density at radius 1 is 1.78 bits per heavy atom. The molecule has 1 aliphatic heterocycles. The zero-order valence-corrected chi connectivity index (χ0v) is 4.91. The van der Waals surface area contributed by atoms with Gasteiger partial charge in [-0.1, -0.05) is 0 Å². The minimum absolute atomic E-state index is 0.554. The van der Waals surface area contributed by atoms with Gasteiger partial charge in [-0.3, -0.25) is 0 Å². The number of quaternary nitrogens is 1. The van der Waals surface area contributed by atoms with Crippen LogP contribution in [0, 0.1) is 0 Å². The minimum Gasteiger partial charge on any atom is -0.544 e. The number of aliphatic carboxylic acids is 1. The molecule has 0 amide bonds. The number of carboxylic acid groups (broad SMARTS) is 1. The van der Waals surface area contributed by atoms with Crippen LogP contribution in [0.5, 0.6) is 0 Å². The van der Waals surface area contributed by atoms with Crippen molar-refractivity contribution in [3.63, 3.8) is 0 Å². The predicted octanol–water partition coefficient (Wildman–Crippen LogP) is -3.57. The average molecular weight is 131 g/mol. The molecule has 0 unspecified atom stereocenters. The van der Waals surface area contributed by atoms with Crippen molar-refractivity contribution in [2.45, 2.75) is 18.6 Å². The maximum atomic E-state index is 10.1. The molecule has 2 atom stereocenters. The quantitative estimate of drug-likeness (QED) is 0.386. The molecule has 0 bridgehead atoms. The molecule has 0 radical (unpaired) electrons. The number of hydrogen-bond acceptors (Lipinski definition) is 3. The number of carbonyl (C=O) groups excluding carboxylic acids is 1. The maximum Gasteiger partial charge on any atom is 0.152 e. The Hall–Kier alpha value is -0.610. The Bertz CT molecular complexity index is 125. The maximum absolute atomic E-state index is 10.1. The Balaban J connectivity index is 2.49. The van der Waals surface area contributed by atoms with Gasteiger partial charge in [-0.2, -0.15) is 0 Å². The van der Waals surface area contributed by atoms with E-state index >= 15 is 0 Å². The fraction of sp³-hybridized carbons (Fsp3) is 0.800. The molecule has 1 heterocycles. The Labute approximate surface area is 52.5 Å². The molecule has 1 aliphatic rings. The van der Waals surface area contributed by atoms with E-state index in [1.807, 2.05) is 0 Å². The summed E-state index contributed by atoms with van der Waals surface area (Å²) in [6.45, 7) is 0.680. The minimum atomic E-state index is -1.17. The van der Waals surface area contributed by atoms with Crippen LogP contribution in [-0.4, -0.2) is 29.8 Å². The summed E-state index contributed by atoms with van der Waals surface area (Å²) >= 11 is 0. The van der Waals surface area contributed by atoms with E-state index in [0.29, 0.717) is 13.0 Å². The lowest BCUT2D eigenvalue weighted by Gasteiger charge is -2.10. The summed E-state index contributed by atoms with van der Waals surface area (Å²) in [5.74, 6) is -1.17. The first-order valence-electron chi connectivity index (χ1n) is 2.94. The topological polar surface area (TPSA) is 77.0 Å². The number of carboxylic acids is 1. The summed E-state index contributed by atoms with van der Waals surface area (Å²) in [6, 6.07) is -0.731. The molecule has 0 aromatic rings. The number of nitrogens with two attached hydrogens (primary N) is 1. The fourth-order valence-corrected chi connectivity index (χ4v) is 1.04. The van der Waals surface area contributed by atoms with Gasteiger partial charge in [0.25, 0.3) is 0 Å². The Morgan fingerprint density at radius 3 is 2.67 bits per heavy atom. The van der Waals surface area contributed by atoms with E-state index < -0.39 is 18.1 Å². The van der Waals surface area contributed by atoms with Crippen LogP contribution in [0.25, 0.3) is 0 Å². The highest BCUT2D eigenvalue weighted by Crippen LogP contribution is 1.97. The van der Waals surface area contributed by atoms with Crippen molar-refractivity contribution in [3.8, 4) is 0 Å². The normalized spacial score (nSPS) is 34.8. The van der Waals surface area contributed by atoms with Gasteiger partial charge in [0.05, 0.1) is 6.54 Å². The zero-order valence-electron chi connectivity index (χ0n) is 4.91. The Kier molecular flexibility index (Phi) is 1.68. The number of rotatable bonds is 1. The number of aliphatic hydroxyl groups excluding tert-OH is 1. The summed E-state index contributed by atoms with van der Waals surface area (Å²) in [7, 11) is 0. The predicted molar refractivity (Wildman–Crippen MR) is 26.2 cm³/mol. The molecule has 52 valence electrons. The lowest BCUT2D eigenvalue weighted by Crippen LogP contribution is -2.91. The number of hydrogen-bond donors (Lipinski definition) is 2. The van der Waals surface area contributed by atoms with Crippen LogP contribution < -0.4 is 10.4 Å². The standard InChI is InChI=1S/C5H9NO3/c7-3-1-2-6-4(3)5(8)9/h3-4,6-7H,1-2H2,(H,8,9)/t3-,4+/m0/s1. The number of carbonyl (C=O) groups is 1. The molecule has 3 N–H and O–H groups in total. The van der Waals surface area contributed by atoms with Crippen LogP contribution >= 0.6 is 0 Å². The molecule has 1 saturated heterocycles. The first kappa shape index (κ1) is 6.51. The molecule has 0 aromatic heterocycles. The van der Waals surface area contributed by atoms with Gasteiger partial charge in [-0.15, -0.1) is 0 Å². The second-order valence-corrected chi connectivity index (χ2v) is 2.23. The highest BCUT2D eigenvalue weighted by Gasteiger charge is 2.29. The smallest absolute Gasteiger partial charge is 0.152 e. The molecule has 0 aliphatic carbocycles. The largest absolute Gasteiger partial charge is 0.544 e. The molecular weight excluding hydrogens is 122 g/mol. The monoisotopic (exact) mass is 131 g/mol. The second-order valence-electron chi connectivity index (χ2n) is 2.23. The van der Waals surface area contributed by atoms with Crippen LogP contribution in [0.4, 0.5) is 0 Å². The third-order valence-corrected chi connectivity index (χ3v) is 1.57. The van der Waals surface area contributed by atoms with Gasteiger partial charge in [-0.05, 0) is 0 Å². The van der Waals surface area contributed by atoms with Crippen LogP contribution in [-0.2, 0) is 4.79 Å². The summed E-state index contributed by atoms with van der Waals surface area (Å²) < 4.78 is 0. The van der Waals surface area contributed by atoms with Gasteiger partial charge >= 0.3 is 0 Å². The lowest BCUT2D eigenvalue weighted by molar-refractivity contribution is -0.667. The van der Waals surface area contributed by atoms with E-state index in [9.17, 15) is 9.90 Å². The van der Waals surface area contributed by atoms with Crippen molar-refractivity contribution in [1.29, 1.82) is 0 Å². The third-order valence-electron chi connectivity index (χ3n) is 1.57. The molecule has 9 heavy (non-hydrogen) atoms. The van der Waals surface area contributed by atoms with Crippen molar-refractivity contribution in [3.05, 3.63) is 0 Å². The van der Waals surface area contributed by atoms with Gasteiger partial charge in [-0.25, -0.2) is 0 Å². The van der Waals surface area contributed by atoms with Crippen molar-refractivity contribution in [2.75, 3.05) is 6.54 Å². The summed E-state index contributed by atoms with van der Waals surface area (Å²) in [5, 5.41) is 20.6. The zero-order chi connectivity index (χ0) is 6.85. The van der Waals surface area contributed by atoms with Gasteiger partial charge in [0.15, 0.2) is 6.04 Å². The molecule has 0 spiro atoms. The van der Waals surface area contributed by atoms with E-state index in [4.69, 9.17) is 5.11 Å². The molecule has 0 saturated carbocycles. The van der Waals surface area contributed by atoms with Gasteiger partial charge < -0.3 is 20.3 Å². The van der Waals surface area contributed by atoms with Gasteiger partial charge in [0.2, 0.25) is 0 Å². The second kappa shape index (κ2) is 2.33. The molecular formula is C5H9NO3. The van der Waals surface area contributed by atoms with Gasteiger partial charge in [0, 0.05) is 6.42 Å².